The van der Waals surface area contributed by atoms with Crippen molar-refractivity contribution in [2.45, 2.75) is 4.90 Å². The highest BCUT2D eigenvalue weighted by molar-refractivity contribution is 7.92. The average Bonchev–Trinajstić information content (AvgIpc) is 3.45. The molecular formula is C30H20ClN5O5S2. The Morgan fingerprint density at radius 3 is 2.37 bits per heavy atom. The monoisotopic (exact) mass is 629 g/mol. The minimum atomic E-state index is -3.95. The Hall–Kier alpha value is -4.91. The third kappa shape index (κ3) is 6.16. The summed E-state index contributed by atoms with van der Waals surface area (Å²) < 4.78 is 34.0. The number of esters is 1. The van der Waals surface area contributed by atoms with Gasteiger partial charge in [0.1, 0.15) is 5.01 Å². The van der Waals surface area contributed by atoms with E-state index in [0.29, 0.717) is 16.6 Å². The second-order valence-electron chi connectivity index (χ2n) is 9.19. The smallest absolute Gasteiger partial charge is 0.339 e. The predicted molar refractivity (Wildman–Crippen MR) is 166 cm³/mol. The zero-order valence-corrected chi connectivity index (χ0v) is 24.4. The van der Waals surface area contributed by atoms with Gasteiger partial charge in [0, 0.05) is 16.6 Å². The summed E-state index contributed by atoms with van der Waals surface area (Å²) in [6.07, 6.45) is 0. The van der Waals surface area contributed by atoms with Crippen molar-refractivity contribution in [3.05, 3.63) is 108 Å². The van der Waals surface area contributed by atoms with Crippen molar-refractivity contribution in [2.75, 3.05) is 16.6 Å². The fourth-order valence-electron chi connectivity index (χ4n) is 4.37. The Morgan fingerprint density at radius 1 is 0.860 bits per heavy atom. The van der Waals surface area contributed by atoms with Crippen LogP contribution in [0.5, 0.6) is 0 Å². The minimum absolute atomic E-state index is 0.00184. The number of hydrogen-bond donors (Lipinski definition) is 2. The average molecular weight is 630 g/mol. The number of benzene rings is 4. The number of para-hydroxylation sites is 1. The second-order valence-corrected chi connectivity index (χ2v) is 12.3. The van der Waals surface area contributed by atoms with E-state index in [9.17, 15) is 18.0 Å². The van der Waals surface area contributed by atoms with Crippen molar-refractivity contribution in [2.24, 2.45) is 0 Å². The van der Waals surface area contributed by atoms with Crippen molar-refractivity contribution in [3.8, 4) is 10.6 Å². The molecule has 2 heterocycles. The number of aromatic nitrogens is 3. The van der Waals surface area contributed by atoms with Crippen LogP contribution in [0, 0.1) is 0 Å². The van der Waals surface area contributed by atoms with Gasteiger partial charge in [-0.1, -0.05) is 54.1 Å². The maximum Gasteiger partial charge on any atom is 0.339 e. The van der Waals surface area contributed by atoms with Gasteiger partial charge >= 0.3 is 5.97 Å². The van der Waals surface area contributed by atoms with Gasteiger partial charge in [0.25, 0.3) is 15.9 Å². The number of thiazole rings is 1. The van der Waals surface area contributed by atoms with Crippen molar-refractivity contribution < 1.29 is 22.7 Å². The maximum atomic E-state index is 13.2. The van der Waals surface area contributed by atoms with Gasteiger partial charge in [0.15, 0.2) is 17.6 Å². The summed E-state index contributed by atoms with van der Waals surface area (Å²) in [6.45, 7) is -0.546. The molecule has 10 nitrogen and oxygen atoms in total. The van der Waals surface area contributed by atoms with Gasteiger partial charge in [-0.2, -0.15) is 0 Å². The number of fused-ring (bicyclic) bond motifs is 2. The Balaban J connectivity index is 1.14. The van der Waals surface area contributed by atoms with Crippen LogP contribution in [0.3, 0.4) is 0 Å². The van der Waals surface area contributed by atoms with Gasteiger partial charge in [0.2, 0.25) is 0 Å². The fraction of sp³-hybridized carbons (Fsp3) is 0.0333. The van der Waals surface area contributed by atoms with E-state index >= 15 is 0 Å². The van der Waals surface area contributed by atoms with E-state index in [1.54, 1.807) is 12.1 Å². The zero-order valence-electron chi connectivity index (χ0n) is 22.0. The lowest BCUT2D eigenvalue weighted by molar-refractivity contribution is -0.119. The van der Waals surface area contributed by atoms with Crippen LogP contribution < -0.4 is 10.0 Å². The largest absolute Gasteiger partial charge is 0.452 e. The molecular weight excluding hydrogens is 610 g/mol. The molecule has 6 aromatic rings. The van der Waals surface area contributed by atoms with Gasteiger partial charge in [-0.05, 0) is 60.0 Å². The molecule has 2 aromatic heterocycles. The minimum Gasteiger partial charge on any atom is -0.452 e. The summed E-state index contributed by atoms with van der Waals surface area (Å²) >= 11 is 7.21. The molecule has 0 saturated heterocycles. The summed E-state index contributed by atoms with van der Waals surface area (Å²) in [5.41, 5.74) is 2.29. The number of sulfonamides is 1. The molecule has 0 saturated carbocycles. The number of nitrogens with one attached hydrogen (secondary N) is 2. The molecule has 214 valence electrons. The molecule has 0 bridgehead atoms. The highest BCUT2D eigenvalue weighted by Crippen LogP contribution is 2.36. The van der Waals surface area contributed by atoms with Gasteiger partial charge in [0.05, 0.1) is 20.7 Å². The molecule has 0 aliphatic heterocycles. The molecule has 0 unspecified atom stereocenters. The van der Waals surface area contributed by atoms with E-state index < -0.39 is 28.5 Å². The molecule has 0 aliphatic rings. The van der Waals surface area contributed by atoms with Gasteiger partial charge < -0.3 is 10.1 Å². The number of nitrogens with zero attached hydrogens (tertiary/aromatic N) is 3. The summed E-state index contributed by atoms with van der Waals surface area (Å²) in [5.74, 6) is -1.25. The normalized spacial score (nSPS) is 11.4. The van der Waals surface area contributed by atoms with E-state index in [1.807, 2.05) is 48.5 Å². The number of amides is 1. The van der Waals surface area contributed by atoms with E-state index in [0.717, 1.165) is 26.2 Å². The molecule has 0 radical (unpaired) electrons. The summed E-state index contributed by atoms with van der Waals surface area (Å²) in [5, 5.41) is 12.3. The molecule has 6 rings (SSSR count). The molecule has 0 fully saturated rings. The van der Waals surface area contributed by atoms with Crippen LogP contribution >= 0.6 is 22.9 Å². The number of halogens is 1. The lowest BCUT2D eigenvalue weighted by Crippen LogP contribution is -2.21. The molecule has 0 aliphatic carbocycles. The lowest BCUT2D eigenvalue weighted by atomic mass is 9.99. The van der Waals surface area contributed by atoms with Crippen LogP contribution in [-0.2, 0) is 19.6 Å². The van der Waals surface area contributed by atoms with Crippen molar-refractivity contribution in [3.63, 3.8) is 0 Å². The van der Waals surface area contributed by atoms with Crippen LogP contribution in [0.25, 0.3) is 31.6 Å². The van der Waals surface area contributed by atoms with Crippen molar-refractivity contribution in [1.82, 2.24) is 15.2 Å². The quantitative estimate of drug-likeness (QED) is 0.191. The van der Waals surface area contributed by atoms with E-state index in [-0.39, 0.29) is 15.9 Å². The van der Waals surface area contributed by atoms with Crippen LogP contribution in [-0.4, -0.2) is 42.1 Å². The SMILES string of the molecule is O=C(COC(=O)c1cccc2cccc(-c3nc4ccccc4s3)c12)Nc1ccc(S(=O)(=O)Nc2ccc(Cl)nn2)cc1. The number of hydrogen-bond acceptors (Lipinski definition) is 9. The number of anilines is 2. The maximum absolute atomic E-state index is 13.2. The number of ether oxygens (including phenoxy) is 1. The molecule has 0 atom stereocenters. The number of carbonyl (C=O) groups excluding carboxylic acids is 2. The number of carbonyl (C=O) groups is 2. The first-order valence-corrected chi connectivity index (χ1v) is 15.4. The molecule has 0 spiro atoms. The number of rotatable bonds is 8. The Morgan fingerprint density at radius 2 is 1.63 bits per heavy atom. The van der Waals surface area contributed by atoms with Crippen LogP contribution in [0.2, 0.25) is 5.15 Å². The first-order chi connectivity index (χ1) is 20.8. The predicted octanol–water partition coefficient (Wildman–Crippen LogP) is 6.16. The third-order valence-electron chi connectivity index (χ3n) is 6.30. The first kappa shape index (κ1) is 28.2. The Bertz CT molecular complexity index is 2060. The highest BCUT2D eigenvalue weighted by atomic mass is 35.5. The van der Waals surface area contributed by atoms with Crippen LogP contribution in [0.15, 0.2) is 102 Å². The lowest BCUT2D eigenvalue weighted by Gasteiger charge is -2.11. The van der Waals surface area contributed by atoms with Gasteiger partial charge in [-0.25, -0.2) is 18.2 Å². The van der Waals surface area contributed by atoms with Gasteiger partial charge in [-0.15, -0.1) is 21.5 Å². The standard InChI is InChI=1S/C30H20ClN5O5S2/c31-25-15-16-26(35-34-25)36-43(39,40)20-13-11-19(12-14-20)32-27(37)17-41-30(38)22-8-4-6-18-5-3-7-21(28(18)22)29-33-23-9-1-2-10-24(23)42-29/h1-16H,17H2,(H,32,37)(H,35,36). The Labute approximate surface area is 254 Å². The second kappa shape index (κ2) is 11.8. The van der Waals surface area contributed by atoms with Crippen LogP contribution in [0.1, 0.15) is 10.4 Å². The first-order valence-electron chi connectivity index (χ1n) is 12.7. The van der Waals surface area contributed by atoms with Crippen molar-refractivity contribution >= 4 is 77.3 Å². The van der Waals surface area contributed by atoms with E-state index in [2.05, 4.69) is 20.2 Å². The molecule has 4 aromatic carbocycles. The molecule has 1 amide bonds. The Kier molecular flexibility index (Phi) is 7.72. The summed E-state index contributed by atoms with van der Waals surface area (Å²) in [7, 11) is -3.95. The topological polar surface area (TPSA) is 140 Å². The summed E-state index contributed by atoms with van der Waals surface area (Å²) in [6, 6.07) is 27.1. The highest BCUT2D eigenvalue weighted by Gasteiger charge is 2.19. The van der Waals surface area contributed by atoms with E-state index in [4.69, 9.17) is 21.3 Å². The summed E-state index contributed by atoms with van der Waals surface area (Å²) in [4.78, 5) is 30.5. The molecule has 43 heavy (non-hydrogen) atoms. The van der Waals surface area contributed by atoms with Gasteiger partial charge in [-0.3, -0.25) is 9.52 Å². The molecule has 2 N–H and O–H groups in total. The molecule has 13 heteroatoms. The van der Waals surface area contributed by atoms with E-state index in [1.165, 1.54) is 47.7 Å². The zero-order chi connectivity index (χ0) is 30.0. The van der Waals surface area contributed by atoms with Crippen LogP contribution in [0.4, 0.5) is 11.5 Å². The third-order valence-corrected chi connectivity index (χ3v) is 8.94. The fourth-order valence-corrected chi connectivity index (χ4v) is 6.46. The van der Waals surface area contributed by atoms with Crippen molar-refractivity contribution in [1.29, 1.82) is 0 Å².